The lowest BCUT2D eigenvalue weighted by Crippen LogP contribution is -2.45. The first-order valence-corrected chi connectivity index (χ1v) is 8.77. The maximum absolute atomic E-state index is 12.1. The van der Waals surface area contributed by atoms with E-state index in [1.165, 1.54) is 11.3 Å². The van der Waals surface area contributed by atoms with Gasteiger partial charge in [0.25, 0.3) is 0 Å². The maximum atomic E-state index is 12.1. The lowest BCUT2D eigenvalue weighted by molar-refractivity contribution is -0.149. The van der Waals surface area contributed by atoms with Crippen molar-refractivity contribution in [1.82, 2.24) is 5.32 Å². The van der Waals surface area contributed by atoms with E-state index in [-0.39, 0.29) is 6.10 Å². The molecule has 132 valence electrons. The van der Waals surface area contributed by atoms with Gasteiger partial charge in [-0.25, -0.2) is 9.59 Å². The summed E-state index contributed by atoms with van der Waals surface area (Å²) >= 11 is 1.53. The fourth-order valence-electron chi connectivity index (χ4n) is 1.59. The van der Waals surface area contributed by atoms with Crippen LogP contribution in [0.1, 0.15) is 53.3 Å². The zero-order chi connectivity index (χ0) is 18.0. The Morgan fingerprint density at radius 1 is 1.26 bits per heavy atom. The Morgan fingerprint density at radius 2 is 1.87 bits per heavy atom. The molecule has 1 aromatic rings. The predicted octanol–water partition coefficient (Wildman–Crippen LogP) is 4.16. The van der Waals surface area contributed by atoms with E-state index in [1.807, 2.05) is 31.4 Å². The highest BCUT2D eigenvalue weighted by atomic mass is 32.1. The van der Waals surface area contributed by atoms with Crippen molar-refractivity contribution in [1.29, 1.82) is 0 Å². The first kappa shape index (κ1) is 21.4. The number of rotatable bonds is 5. The quantitative estimate of drug-likeness (QED) is 0.815. The molecule has 0 saturated carbocycles. The van der Waals surface area contributed by atoms with Crippen LogP contribution < -0.4 is 5.32 Å². The highest BCUT2D eigenvalue weighted by Gasteiger charge is 2.26. The average molecular weight is 343 g/mol. The van der Waals surface area contributed by atoms with Gasteiger partial charge >= 0.3 is 12.1 Å². The molecule has 1 aromatic heterocycles. The van der Waals surface area contributed by atoms with E-state index in [0.29, 0.717) is 6.42 Å². The fraction of sp³-hybridized carbons (Fsp3) is 0.647. The van der Waals surface area contributed by atoms with Gasteiger partial charge in [0.2, 0.25) is 0 Å². The topological polar surface area (TPSA) is 64.6 Å². The SMILES string of the molecule is CC.CC(C)OC(=O)[C@@H](Cc1cccs1)NC(=O)OC(C)(C)C. The molecule has 0 aliphatic heterocycles. The summed E-state index contributed by atoms with van der Waals surface area (Å²) in [6.45, 7) is 12.9. The van der Waals surface area contributed by atoms with Crippen molar-refractivity contribution in [3.8, 4) is 0 Å². The van der Waals surface area contributed by atoms with Crippen LogP contribution in [0.2, 0.25) is 0 Å². The summed E-state index contributed by atoms with van der Waals surface area (Å²) in [4.78, 5) is 24.9. The fourth-order valence-corrected chi connectivity index (χ4v) is 2.34. The van der Waals surface area contributed by atoms with Gasteiger partial charge < -0.3 is 14.8 Å². The van der Waals surface area contributed by atoms with Crippen molar-refractivity contribution in [3.63, 3.8) is 0 Å². The highest BCUT2D eigenvalue weighted by Crippen LogP contribution is 2.13. The molecule has 23 heavy (non-hydrogen) atoms. The number of carbonyl (C=O) groups excluding carboxylic acids is 2. The van der Waals surface area contributed by atoms with Crippen LogP contribution in [-0.2, 0) is 20.7 Å². The monoisotopic (exact) mass is 343 g/mol. The molecule has 1 rings (SSSR count). The first-order chi connectivity index (χ1) is 10.7. The summed E-state index contributed by atoms with van der Waals surface area (Å²) < 4.78 is 10.4. The standard InChI is InChI=1S/C15H23NO4S.C2H6/c1-10(2)19-13(17)12(9-11-7-6-8-21-11)16-14(18)20-15(3,4)5;1-2/h6-8,10,12H,9H2,1-5H3,(H,16,18);1-2H3/t12-;/m1./s1. The maximum Gasteiger partial charge on any atom is 0.408 e. The number of hydrogen-bond acceptors (Lipinski definition) is 5. The van der Waals surface area contributed by atoms with Crippen LogP contribution in [0.5, 0.6) is 0 Å². The second-order valence-electron chi connectivity index (χ2n) is 5.97. The molecule has 6 heteroatoms. The third-order valence-corrected chi connectivity index (χ3v) is 3.21. The number of nitrogens with one attached hydrogen (secondary N) is 1. The van der Waals surface area contributed by atoms with Gasteiger partial charge in [0.15, 0.2) is 0 Å². The number of esters is 1. The Labute approximate surface area is 143 Å². The number of alkyl carbamates (subject to hydrolysis) is 1. The Hall–Kier alpha value is -1.56. The molecular formula is C17H29NO4S. The van der Waals surface area contributed by atoms with E-state index in [4.69, 9.17) is 9.47 Å². The zero-order valence-electron chi connectivity index (χ0n) is 15.1. The van der Waals surface area contributed by atoms with E-state index < -0.39 is 23.7 Å². The van der Waals surface area contributed by atoms with Crippen molar-refractivity contribution >= 4 is 23.4 Å². The largest absolute Gasteiger partial charge is 0.461 e. The smallest absolute Gasteiger partial charge is 0.408 e. The first-order valence-electron chi connectivity index (χ1n) is 7.90. The third kappa shape index (κ3) is 9.94. The molecule has 0 saturated heterocycles. The lowest BCUT2D eigenvalue weighted by Gasteiger charge is -2.23. The van der Waals surface area contributed by atoms with Gasteiger partial charge in [0, 0.05) is 11.3 Å². The predicted molar refractivity (Wildman–Crippen MR) is 93.8 cm³/mol. The summed E-state index contributed by atoms with van der Waals surface area (Å²) in [5, 5.41) is 4.51. The van der Waals surface area contributed by atoms with Crippen LogP contribution in [0, 0.1) is 0 Å². The van der Waals surface area contributed by atoms with Gasteiger partial charge in [-0.15, -0.1) is 11.3 Å². The second kappa shape index (κ2) is 10.3. The van der Waals surface area contributed by atoms with E-state index in [9.17, 15) is 9.59 Å². The molecule has 1 amide bonds. The minimum absolute atomic E-state index is 0.233. The van der Waals surface area contributed by atoms with Gasteiger partial charge in [-0.05, 0) is 46.1 Å². The molecule has 0 aliphatic rings. The average Bonchev–Trinajstić information content (AvgIpc) is 2.90. The molecule has 1 N–H and O–H groups in total. The molecule has 0 radical (unpaired) electrons. The molecule has 0 aromatic carbocycles. The summed E-state index contributed by atoms with van der Waals surface area (Å²) in [5.74, 6) is -0.454. The van der Waals surface area contributed by atoms with Gasteiger partial charge in [-0.1, -0.05) is 19.9 Å². The van der Waals surface area contributed by atoms with Crippen LogP contribution in [0.4, 0.5) is 4.79 Å². The minimum atomic E-state index is -0.749. The highest BCUT2D eigenvalue weighted by molar-refractivity contribution is 7.09. The molecule has 0 aliphatic carbocycles. The van der Waals surface area contributed by atoms with Gasteiger partial charge in [-0.3, -0.25) is 0 Å². The van der Waals surface area contributed by atoms with E-state index in [1.54, 1.807) is 34.6 Å². The molecule has 0 spiro atoms. The summed E-state index contributed by atoms with van der Waals surface area (Å²) in [6, 6.07) is 3.07. The van der Waals surface area contributed by atoms with Crippen molar-refractivity contribution in [3.05, 3.63) is 22.4 Å². The van der Waals surface area contributed by atoms with Crippen LogP contribution in [-0.4, -0.2) is 29.8 Å². The van der Waals surface area contributed by atoms with Gasteiger partial charge in [0.05, 0.1) is 6.10 Å². The molecule has 0 unspecified atom stereocenters. The lowest BCUT2D eigenvalue weighted by atomic mass is 10.2. The summed E-state index contributed by atoms with van der Waals surface area (Å²) in [7, 11) is 0. The molecule has 1 atom stereocenters. The minimum Gasteiger partial charge on any atom is -0.461 e. The number of thiophene rings is 1. The third-order valence-electron chi connectivity index (χ3n) is 2.31. The molecular weight excluding hydrogens is 314 g/mol. The number of carbonyl (C=O) groups is 2. The summed E-state index contributed by atoms with van der Waals surface area (Å²) in [6.07, 6.45) is -0.462. The van der Waals surface area contributed by atoms with Crippen LogP contribution in [0.25, 0.3) is 0 Å². The zero-order valence-corrected chi connectivity index (χ0v) is 16.0. The number of amides is 1. The Bertz CT molecular complexity index is 463. The summed E-state index contributed by atoms with van der Waals surface area (Å²) in [5.41, 5.74) is -0.612. The van der Waals surface area contributed by atoms with Crippen LogP contribution >= 0.6 is 11.3 Å². The molecule has 1 heterocycles. The van der Waals surface area contributed by atoms with Crippen molar-refractivity contribution in [2.45, 2.75) is 72.6 Å². The van der Waals surface area contributed by atoms with Crippen LogP contribution in [0.15, 0.2) is 17.5 Å². The second-order valence-corrected chi connectivity index (χ2v) is 7.00. The number of ether oxygens (including phenoxy) is 2. The van der Waals surface area contributed by atoms with Crippen molar-refractivity contribution < 1.29 is 19.1 Å². The normalized spacial score (nSPS) is 12.0. The Kier molecular flexibility index (Phi) is 9.56. The van der Waals surface area contributed by atoms with Crippen molar-refractivity contribution in [2.75, 3.05) is 0 Å². The van der Waals surface area contributed by atoms with Gasteiger partial charge in [0.1, 0.15) is 11.6 Å². The van der Waals surface area contributed by atoms with Crippen LogP contribution in [0.3, 0.4) is 0 Å². The van der Waals surface area contributed by atoms with E-state index in [2.05, 4.69) is 5.32 Å². The molecule has 5 nitrogen and oxygen atoms in total. The van der Waals surface area contributed by atoms with Crippen molar-refractivity contribution in [2.24, 2.45) is 0 Å². The molecule has 0 bridgehead atoms. The van der Waals surface area contributed by atoms with E-state index in [0.717, 1.165) is 4.88 Å². The number of hydrogen-bond donors (Lipinski definition) is 1. The van der Waals surface area contributed by atoms with E-state index >= 15 is 0 Å². The Morgan fingerprint density at radius 3 is 2.30 bits per heavy atom. The van der Waals surface area contributed by atoms with Gasteiger partial charge in [-0.2, -0.15) is 0 Å². The molecule has 0 fully saturated rings. The Balaban J connectivity index is 0.00000232.